The molecule has 0 fully saturated rings. The Morgan fingerprint density at radius 1 is 1.44 bits per heavy atom. The average Bonchev–Trinajstić information content (AvgIpc) is 2.91. The van der Waals surface area contributed by atoms with Gasteiger partial charge in [0.25, 0.3) is 0 Å². The van der Waals surface area contributed by atoms with Crippen LogP contribution >= 0.6 is 0 Å². The van der Waals surface area contributed by atoms with E-state index in [1.54, 1.807) is 18.2 Å². The van der Waals surface area contributed by atoms with Gasteiger partial charge >= 0.3 is 0 Å². The van der Waals surface area contributed by atoms with Gasteiger partial charge in [-0.05, 0) is 30.3 Å². The number of furan rings is 1. The lowest BCUT2D eigenvalue weighted by atomic mass is 10.2. The molecule has 1 heterocycles. The van der Waals surface area contributed by atoms with Crippen LogP contribution in [0.25, 0.3) is 0 Å². The summed E-state index contributed by atoms with van der Waals surface area (Å²) in [5, 5.41) is 17.7. The molecule has 0 spiro atoms. The van der Waals surface area contributed by atoms with Crippen LogP contribution in [0.15, 0.2) is 46.0 Å². The molecule has 2 aromatic rings. The minimum Gasteiger partial charge on any atom is -0.461 e. The van der Waals surface area contributed by atoms with Crippen molar-refractivity contribution < 1.29 is 14.0 Å². The van der Waals surface area contributed by atoms with E-state index >= 15 is 0 Å². The summed E-state index contributed by atoms with van der Waals surface area (Å²) in [5.74, 6) is -0.233. The fraction of sp³-hybridized carbons (Fsp3) is 0. The maximum absolute atomic E-state index is 13.1. The van der Waals surface area contributed by atoms with Gasteiger partial charge in [0.15, 0.2) is 11.6 Å². The Bertz CT molecular complexity index is 615. The van der Waals surface area contributed by atoms with Crippen molar-refractivity contribution in [2.75, 3.05) is 0 Å². The molecule has 0 saturated heterocycles. The minimum atomic E-state index is -0.618. The van der Waals surface area contributed by atoms with Gasteiger partial charge in [-0.25, -0.2) is 14.9 Å². The molecule has 0 bridgehead atoms. The van der Waals surface area contributed by atoms with Gasteiger partial charge in [-0.15, -0.1) is 0 Å². The van der Waals surface area contributed by atoms with Crippen molar-refractivity contribution in [3.05, 3.63) is 53.7 Å². The Kier molecular flexibility index (Phi) is 3.36. The van der Waals surface area contributed by atoms with Gasteiger partial charge in [0.2, 0.25) is 0 Å². The molecule has 1 aromatic carbocycles. The van der Waals surface area contributed by atoms with E-state index < -0.39 is 5.82 Å². The Morgan fingerprint density at radius 2 is 2.28 bits per heavy atom. The maximum atomic E-state index is 13.1. The lowest BCUT2D eigenvalue weighted by Gasteiger charge is -2.02. The number of amidine groups is 1. The summed E-state index contributed by atoms with van der Waals surface area (Å²) in [7, 11) is 0. The predicted molar refractivity (Wildman–Crippen MR) is 60.9 cm³/mol. The molecule has 18 heavy (non-hydrogen) atoms. The first-order valence-corrected chi connectivity index (χ1v) is 4.97. The zero-order chi connectivity index (χ0) is 13.0. The Hall–Kier alpha value is -2.65. The molecule has 0 amide bonds. The van der Waals surface area contributed by atoms with Gasteiger partial charge in [-0.3, -0.25) is 5.21 Å². The lowest BCUT2D eigenvalue weighted by Crippen LogP contribution is -2.19. The highest BCUT2D eigenvalue weighted by atomic mass is 19.1. The van der Waals surface area contributed by atoms with Crippen LogP contribution in [0.4, 0.5) is 10.1 Å². The van der Waals surface area contributed by atoms with Crippen molar-refractivity contribution in [3.8, 4) is 6.07 Å². The summed E-state index contributed by atoms with van der Waals surface area (Å²) in [5.41, 5.74) is 2.09. The molecule has 0 unspecified atom stereocenters. The molecule has 0 aliphatic heterocycles. The van der Waals surface area contributed by atoms with E-state index in [-0.39, 0.29) is 11.4 Å². The summed E-state index contributed by atoms with van der Waals surface area (Å²) >= 11 is 0. The van der Waals surface area contributed by atoms with Crippen LogP contribution in [0.5, 0.6) is 0 Å². The number of benzene rings is 1. The van der Waals surface area contributed by atoms with Gasteiger partial charge in [-0.1, -0.05) is 0 Å². The van der Waals surface area contributed by atoms with Crippen LogP contribution in [-0.4, -0.2) is 11.0 Å². The molecular formula is C12H8FN3O2. The zero-order valence-corrected chi connectivity index (χ0v) is 9.09. The largest absolute Gasteiger partial charge is 0.461 e. The molecule has 1 aromatic heterocycles. The smallest absolute Gasteiger partial charge is 0.193 e. The number of hydroxylamine groups is 1. The van der Waals surface area contributed by atoms with Crippen LogP contribution in [0.1, 0.15) is 11.3 Å². The number of aliphatic imine (C=N–C) groups is 1. The average molecular weight is 245 g/mol. The van der Waals surface area contributed by atoms with E-state index in [9.17, 15) is 4.39 Å². The van der Waals surface area contributed by atoms with Crippen molar-refractivity contribution in [2.24, 2.45) is 4.99 Å². The molecule has 2 N–H and O–H groups in total. The molecular weight excluding hydrogens is 237 g/mol. The van der Waals surface area contributed by atoms with Gasteiger partial charge in [-0.2, -0.15) is 5.26 Å². The molecule has 0 atom stereocenters. The summed E-state index contributed by atoms with van der Waals surface area (Å²) in [6.45, 7) is 0. The molecule has 5 nitrogen and oxygen atoms in total. The number of nitrogens with one attached hydrogen (secondary N) is 1. The van der Waals surface area contributed by atoms with Gasteiger partial charge < -0.3 is 4.42 Å². The molecule has 90 valence electrons. The second kappa shape index (κ2) is 5.12. The number of halogens is 1. The Balaban J connectivity index is 2.40. The fourth-order valence-electron chi connectivity index (χ4n) is 1.35. The highest BCUT2D eigenvalue weighted by molar-refractivity contribution is 5.97. The monoisotopic (exact) mass is 245 g/mol. The summed E-state index contributed by atoms with van der Waals surface area (Å²) in [6.07, 6.45) is 1.42. The van der Waals surface area contributed by atoms with Crippen LogP contribution < -0.4 is 5.48 Å². The van der Waals surface area contributed by atoms with Crippen LogP contribution in [0, 0.1) is 17.1 Å². The third-order valence-corrected chi connectivity index (χ3v) is 2.17. The van der Waals surface area contributed by atoms with Crippen molar-refractivity contribution in [2.45, 2.75) is 0 Å². The summed E-state index contributed by atoms with van der Waals surface area (Å²) in [4.78, 5) is 4.01. The predicted octanol–water partition coefficient (Wildman–Crippen LogP) is 2.35. The first-order valence-electron chi connectivity index (χ1n) is 4.97. The van der Waals surface area contributed by atoms with Gasteiger partial charge in [0, 0.05) is 0 Å². The topological polar surface area (TPSA) is 81.5 Å². The van der Waals surface area contributed by atoms with Crippen LogP contribution in [-0.2, 0) is 0 Å². The minimum absolute atomic E-state index is 0.0653. The Morgan fingerprint density at radius 3 is 2.89 bits per heavy atom. The molecule has 2 rings (SSSR count). The van der Waals surface area contributed by atoms with E-state index in [1.165, 1.54) is 18.4 Å². The standard InChI is InChI=1S/C12H8FN3O2/c13-10-4-3-9(6-8(10)7-14)15-12(16-17)11-2-1-5-18-11/h1-6,17H,(H,15,16). The van der Waals surface area contributed by atoms with E-state index in [0.29, 0.717) is 11.4 Å². The van der Waals surface area contributed by atoms with Crippen molar-refractivity contribution >= 4 is 11.5 Å². The third kappa shape index (κ3) is 2.36. The number of nitriles is 1. The molecule has 0 saturated carbocycles. The Labute approximate surface area is 102 Å². The van der Waals surface area contributed by atoms with E-state index in [0.717, 1.165) is 6.07 Å². The fourth-order valence-corrected chi connectivity index (χ4v) is 1.35. The lowest BCUT2D eigenvalue weighted by molar-refractivity contribution is 0.233. The second-order valence-electron chi connectivity index (χ2n) is 3.33. The van der Waals surface area contributed by atoms with Crippen LogP contribution in [0.2, 0.25) is 0 Å². The SMILES string of the molecule is N#Cc1cc(N=C(NO)c2ccco2)ccc1F. The van der Waals surface area contributed by atoms with Crippen molar-refractivity contribution in [1.82, 2.24) is 5.48 Å². The first-order chi connectivity index (χ1) is 8.74. The number of hydrogen-bond donors (Lipinski definition) is 2. The van der Waals surface area contributed by atoms with Crippen LogP contribution in [0.3, 0.4) is 0 Å². The third-order valence-electron chi connectivity index (χ3n) is 2.17. The van der Waals surface area contributed by atoms with Crippen molar-refractivity contribution in [3.63, 3.8) is 0 Å². The zero-order valence-electron chi connectivity index (χ0n) is 9.09. The van der Waals surface area contributed by atoms with Gasteiger partial charge in [0.1, 0.15) is 11.9 Å². The second-order valence-corrected chi connectivity index (χ2v) is 3.33. The highest BCUT2D eigenvalue weighted by Gasteiger charge is 2.07. The molecule has 0 aliphatic carbocycles. The quantitative estimate of drug-likeness (QED) is 0.483. The summed E-state index contributed by atoms with van der Waals surface area (Å²) < 4.78 is 18.2. The highest BCUT2D eigenvalue weighted by Crippen LogP contribution is 2.18. The van der Waals surface area contributed by atoms with E-state index in [1.807, 2.05) is 5.48 Å². The molecule has 6 heteroatoms. The first kappa shape index (κ1) is 11.8. The van der Waals surface area contributed by atoms with E-state index in [4.69, 9.17) is 14.9 Å². The van der Waals surface area contributed by atoms with Crippen molar-refractivity contribution in [1.29, 1.82) is 5.26 Å². The number of nitrogens with zero attached hydrogens (tertiary/aromatic N) is 2. The van der Waals surface area contributed by atoms with E-state index in [2.05, 4.69) is 4.99 Å². The maximum Gasteiger partial charge on any atom is 0.193 e. The van der Waals surface area contributed by atoms with Gasteiger partial charge in [0.05, 0.1) is 17.5 Å². The summed E-state index contributed by atoms with van der Waals surface area (Å²) in [6, 6.07) is 8.73. The number of hydrogen-bond acceptors (Lipinski definition) is 4. The molecule has 0 aliphatic rings. The number of rotatable bonds is 2. The molecule has 0 radical (unpaired) electrons. The normalized spacial score (nSPS) is 11.1.